The van der Waals surface area contributed by atoms with Crippen LogP contribution in [0.5, 0.6) is 0 Å². The van der Waals surface area contributed by atoms with Crippen molar-refractivity contribution in [3.05, 3.63) is 103 Å². The van der Waals surface area contributed by atoms with Gasteiger partial charge in [-0.3, -0.25) is 4.98 Å². The Bertz CT molecular complexity index is 1050. The average molecular weight is 339 g/mol. The molecule has 128 valence electrons. The molecule has 0 saturated carbocycles. The summed E-state index contributed by atoms with van der Waals surface area (Å²) in [6.45, 7) is 6.44. The van der Waals surface area contributed by atoms with Crippen LogP contribution in [-0.4, -0.2) is 9.97 Å². The number of nitrogens with one attached hydrogen (secondary N) is 2. The smallest absolute Gasteiger partial charge is 0.0768 e. The lowest BCUT2D eigenvalue weighted by Gasteiger charge is -2.23. The van der Waals surface area contributed by atoms with Crippen molar-refractivity contribution in [2.24, 2.45) is 0 Å². The van der Waals surface area contributed by atoms with E-state index in [4.69, 9.17) is 0 Å². The number of nitrogens with zero attached hydrogens (tertiary/aromatic N) is 1. The van der Waals surface area contributed by atoms with Crippen molar-refractivity contribution in [1.29, 1.82) is 0 Å². The van der Waals surface area contributed by atoms with Gasteiger partial charge in [0.25, 0.3) is 0 Å². The number of hydrogen-bond donors (Lipinski definition) is 2. The molecule has 0 aliphatic rings. The van der Waals surface area contributed by atoms with Crippen LogP contribution in [0.15, 0.2) is 85.7 Å². The Morgan fingerprint density at radius 1 is 1.04 bits per heavy atom. The summed E-state index contributed by atoms with van der Waals surface area (Å²) in [6, 6.07) is 22.7. The molecule has 2 aromatic heterocycles. The standard InChI is InChI=1S/C23H21N3/c1-16-14-19(12-13-24-16)26-23(18-8-4-3-5-9-18)17(2)21-15-25-22-11-7-6-10-20(21)22/h3-15,23,25H,2H2,1H3,(H,24,26). The first-order valence-corrected chi connectivity index (χ1v) is 8.72. The van der Waals surface area contributed by atoms with Crippen molar-refractivity contribution in [2.45, 2.75) is 13.0 Å². The van der Waals surface area contributed by atoms with Gasteiger partial charge < -0.3 is 10.3 Å². The molecule has 2 N–H and O–H groups in total. The predicted molar refractivity (Wildman–Crippen MR) is 109 cm³/mol. The van der Waals surface area contributed by atoms with Crippen LogP contribution in [0.3, 0.4) is 0 Å². The van der Waals surface area contributed by atoms with E-state index < -0.39 is 0 Å². The van der Waals surface area contributed by atoms with Gasteiger partial charge >= 0.3 is 0 Å². The van der Waals surface area contributed by atoms with Crippen molar-refractivity contribution in [3.8, 4) is 0 Å². The summed E-state index contributed by atoms with van der Waals surface area (Å²) in [4.78, 5) is 7.64. The van der Waals surface area contributed by atoms with E-state index in [0.29, 0.717) is 0 Å². The second kappa shape index (κ2) is 6.89. The molecule has 2 heterocycles. The minimum absolute atomic E-state index is 0.0304. The minimum atomic E-state index is -0.0304. The molecule has 0 bridgehead atoms. The van der Waals surface area contributed by atoms with Gasteiger partial charge in [0.15, 0.2) is 0 Å². The molecule has 26 heavy (non-hydrogen) atoms. The van der Waals surface area contributed by atoms with Gasteiger partial charge in [0.05, 0.1) is 6.04 Å². The van der Waals surface area contributed by atoms with Crippen molar-refractivity contribution in [1.82, 2.24) is 9.97 Å². The molecular formula is C23H21N3. The normalized spacial score (nSPS) is 12.0. The molecular weight excluding hydrogens is 318 g/mol. The predicted octanol–water partition coefficient (Wildman–Crippen LogP) is 5.74. The first-order valence-electron chi connectivity index (χ1n) is 8.72. The number of anilines is 1. The molecule has 0 radical (unpaired) electrons. The Morgan fingerprint density at radius 2 is 1.81 bits per heavy atom. The van der Waals surface area contributed by atoms with Crippen molar-refractivity contribution < 1.29 is 0 Å². The van der Waals surface area contributed by atoms with E-state index in [9.17, 15) is 0 Å². The monoisotopic (exact) mass is 339 g/mol. The summed E-state index contributed by atoms with van der Waals surface area (Å²) < 4.78 is 0. The van der Waals surface area contributed by atoms with E-state index >= 15 is 0 Å². The molecule has 1 unspecified atom stereocenters. The molecule has 0 amide bonds. The minimum Gasteiger partial charge on any atom is -0.374 e. The molecule has 0 aliphatic carbocycles. The van der Waals surface area contributed by atoms with Crippen LogP contribution in [-0.2, 0) is 0 Å². The molecule has 4 rings (SSSR count). The highest BCUT2D eigenvalue weighted by Gasteiger charge is 2.19. The van der Waals surface area contributed by atoms with Gasteiger partial charge in [-0.05, 0) is 36.3 Å². The third-order valence-corrected chi connectivity index (χ3v) is 4.62. The van der Waals surface area contributed by atoms with Crippen LogP contribution < -0.4 is 5.32 Å². The highest BCUT2D eigenvalue weighted by molar-refractivity contribution is 5.93. The maximum Gasteiger partial charge on any atom is 0.0768 e. The number of fused-ring (bicyclic) bond motifs is 1. The maximum absolute atomic E-state index is 4.44. The Balaban J connectivity index is 1.76. The van der Waals surface area contributed by atoms with Crippen molar-refractivity contribution >= 4 is 22.2 Å². The number of hydrogen-bond acceptors (Lipinski definition) is 2. The number of para-hydroxylation sites is 1. The Morgan fingerprint density at radius 3 is 2.62 bits per heavy atom. The second-order valence-corrected chi connectivity index (χ2v) is 6.45. The third kappa shape index (κ3) is 3.11. The van der Waals surface area contributed by atoms with Gasteiger partial charge in [0, 0.05) is 40.2 Å². The highest BCUT2D eigenvalue weighted by atomic mass is 14.9. The lowest BCUT2D eigenvalue weighted by atomic mass is 9.93. The quantitative estimate of drug-likeness (QED) is 0.487. The molecule has 4 aromatic rings. The molecule has 3 nitrogen and oxygen atoms in total. The number of aryl methyl sites for hydroxylation is 1. The first-order chi connectivity index (χ1) is 12.7. The Kier molecular flexibility index (Phi) is 4.28. The van der Waals surface area contributed by atoms with Crippen LogP contribution >= 0.6 is 0 Å². The van der Waals surface area contributed by atoms with Crippen LogP contribution in [0.1, 0.15) is 22.9 Å². The SMILES string of the molecule is C=C(c1c[nH]c2ccccc12)C(Nc1ccnc(C)c1)c1ccccc1. The maximum atomic E-state index is 4.44. The van der Waals surface area contributed by atoms with Crippen LogP contribution in [0.2, 0.25) is 0 Å². The number of rotatable bonds is 5. The summed E-state index contributed by atoms with van der Waals surface area (Å²) in [7, 11) is 0. The fourth-order valence-electron chi connectivity index (χ4n) is 3.31. The van der Waals surface area contributed by atoms with E-state index in [-0.39, 0.29) is 6.04 Å². The van der Waals surface area contributed by atoms with Gasteiger partial charge in [0.2, 0.25) is 0 Å². The topological polar surface area (TPSA) is 40.7 Å². The fraction of sp³-hybridized carbons (Fsp3) is 0.0870. The molecule has 0 aliphatic heterocycles. The van der Waals surface area contributed by atoms with Crippen LogP contribution in [0.4, 0.5) is 5.69 Å². The van der Waals surface area contributed by atoms with Crippen molar-refractivity contribution in [2.75, 3.05) is 5.32 Å². The Labute approximate surface area is 153 Å². The van der Waals surface area contributed by atoms with Crippen LogP contribution in [0, 0.1) is 6.92 Å². The number of H-pyrrole nitrogens is 1. The number of aromatic nitrogens is 2. The van der Waals surface area contributed by atoms with E-state index in [1.807, 2.05) is 37.5 Å². The summed E-state index contributed by atoms with van der Waals surface area (Å²) in [5, 5.41) is 4.82. The number of aromatic amines is 1. The van der Waals surface area contributed by atoms with Gasteiger partial charge in [-0.15, -0.1) is 0 Å². The number of pyridine rings is 1. The molecule has 1 atom stereocenters. The molecule has 3 heteroatoms. The van der Waals surface area contributed by atoms with Gasteiger partial charge in [0.1, 0.15) is 0 Å². The number of benzene rings is 2. The second-order valence-electron chi connectivity index (χ2n) is 6.45. The van der Waals surface area contributed by atoms with Crippen molar-refractivity contribution in [3.63, 3.8) is 0 Å². The largest absolute Gasteiger partial charge is 0.374 e. The zero-order chi connectivity index (χ0) is 17.9. The molecule has 2 aromatic carbocycles. The van der Waals surface area contributed by atoms with E-state index in [2.05, 4.69) is 70.4 Å². The molecule has 0 fully saturated rings. The van der Waals surface area contributed by atoms with Crippen LogP contribution in [0.25, 0.3) is 16.5 Å². The van der Waals surface area contributed by atoms with Gasteiger partial charge in [-0.2, -0.15) is 0 Å². The molecule has 0 saturated heterocycles. The third-order valence-electron chi connectivity index (χ3n) is 4.62. The zero-order valence-corrected chi connectivity index (χ0v) is 14.7. The van der Waals surface area contributed by atoms with E-state index in [1.165, 1.54) is 10.9 Å². The fourth-order valence-corrected chi connectivity index (χ4v) is 3.31. The van der Waals surface area contributed by atoms with E-state index in [1.54, 1.807) is 0 Å². The lowest BCUT2D eigenvalue weighted by molar-refractivity contribution is 1.00. The van der Waals surface area contributed by atoms with Gasteiger partial charge in [-0.25, -0.2) is 0 Å². The average Bonchev–Trinajstić information content (AvgIpc) is 3.10. The first kappa shape index (κ1) is 16.2. The zero-order valence-electron chi connectivity index (χ0n) is 14.7. The molecule has 0 spiro atoms. The van der Waals surface area contributed by atoms with Gasteiger partial charge in [-0.1, -0.05) is 55.1 Å². The summed E-state index contributed by atoms with van der Waals surface area (Å²) in [5.74, 6) is 0. The summed E-state index contributed by atoms with van der Waals surface area (Å²) >= 11 is 0. The lowest BCUT2D eigenvalue weighted by Crippen LogP contribution is -2.12. The summed E-state index contributed by atoms with van der Waals surface area (Å²) in [6.07, 6.45) is 3.87. The summed E-state index contributed by atoms with van der Waals surface area (Å²) in [5.41, 5.74) is 6.48. The Hall–Kier alpha value is -3.33. The highest BCUT2D eigenvalue weighted by Crippen LogP contribution is 2.35. The van der Waals surface area contributed by atoms with E-state index in [0.717, 1.165) is 28.0 Å².